The molecule has 8 aliphatic heterocycles. The molecule has 0 fully saturated rings. The molecule has 24 aromatic rings. The van der Waals surface area contributed by atoms with Gasteiger partial charge in [0, 0.05) is 103 Å². The molecule has 14 heterocycles. The highest BCUT2D eigenvalue weighted by molar-refractivity contribution is 7.01. The smallest absolute Gasteiger partial charge is 0.270 e. The van der Waals surface area contributed by atoms with E-state index in [9.17, 15) is 0 Å². The van der Waals surface area contributed by atoms with Crippen molar-refractivity contribution < 1.29 is 37.9 Å². The summed E-state index contributed by atoms with van der Waals surface area (Å²) in [6.07, 6.45) is 0. The van der Waals surface area contributed by atoms with Crippen LogP contribution in [0, 0.1) is 0 Å². The Labute approximate surface area is 851 Å². The van der Waals surface area contributed by atoms with Crippen molar-refractivity contribution in [3.05, 3.63) is 373 Å². The number of rotatable bonds is 0. The molecular formula is C132H110B3N3O8. The highest BCUT2D eigenvalue weighted by Gasteiger charge is 2.50. The van der Waals surface area contributed by atoms with E-state index in [4.69, 9.17) is 37.9 Å². The van der Waals surface area contributed by atoms with Crippen LogP contribution in [0.4, 0.5) is 0 Å². The standard InChI is InChI=1S/2C22H17BO3.C22H19BO2.3C22H19N/c1-22(2,3)12-10-17-21-18(11-12)26-16-9-5-7-14-20(16)23(21)19-13(24-14)6-4-8-15(19)25-17;1-22(2,3)12-10-11-17-20-21(12)26-16-9-5-8-15-19(16)23(20)18-13(24-15)6-4-7-14(18)25-17;1-22(2,3)14-12-13-19-20-21(14)25-18-11-7-5-9-16(18)23(20)15-8-4-6-10-17(15)24-19;1-22(2,3)14-12-17-15-8-4-6-10-19(15)23-20-11-7-5-9-16(20)18(13-14)21(17)23;1-22(2,3)17-13-12-15-14-8-4-6-10-18(14)23-19-11-7-5-9-16(19)20(17)21(15)23;1-22(2,3)14-11-12-20-18(13-14)17-9-6-8-16-15-7-4-5-10-19(15)23(20)21(16)17/h2*4-11H,1-3H3;4-13H,1-3H3;3*4-13H,1-3H3. The zero-order valence-corrected chi connectivity index (χ0v) is 85.7. The second kappa shape index (κ2) is 31.7. The average molecular weight is 1900 g/mol. The number of hydrogen-bond donors (Lipinski definition) is 0. The molecule has 0 unspecified atom stereocenters. The Hall–Kier alpha value is -16.0. The first-order valence-electron chi connectivity index (χ1n) is 51.4. The van der Waals surface area contributed by atoms with Crippen LogP contribution in [-0.4, -0.2) is 33.3 Å². The topological polar surface area (TPSA) is 87.1 Å². The number of benzene rings is 18. The van der Waals surface area contributed by atoms with E-state index in [-0.39, 0.29) is 52.6 Å². The maximum absolute atomic E-state index is 6.45. The highest BCUT2D eigenvalue weighted by Crippen LogP contribution is 2.52. The van der Waals surface area contributed by atoms with Crippen molar-refractivity contribution >= 4 is 184 Å². The lowest BCUT2D eigenvalue weighted by molar-refractivity contribution is 0.431. The summed E-state index contributed by atoms with van der Waals surface area (Å²) in [5.41, 5.74) is 30.4. The van der Waals surface area contributed by atoms with Gasteiger partial charge in [-0.15, -0.1) is 0 Å². The van der Waals surface area contributed by atoms with Crippen LogP contribution in [0.1, 0.15) is 158 Å². The van der Waals surface area contributed by atoms with Crippen molar-refractivity contribution in [1.29, 1.82) is 0 Å². The monoisotopic (exact) mass is 1900 g/mol. The molecule has 0 amide bonds. The Morgan fingerprint density at radius 3 is 0.884 bits per heavy atom. The summed E-state index contributed by atoms with van der Waals surface area (Å²) in [4.78, 5) is 0. The van der Waals surface area contributed by atoms with Gasteiger partial charge < -0.3 is 51.1 Å². The first-order valence-corrected chi connectivity index (χ1v) is 51.4. The van der Waals surface area contributed by atoms with Gasteiger partial charge in [0.15, 0.2) is 0 Å². The zero-order valence-electron chi connectivity index (χ0n) is 85.7. The molecular weight excluding hydrogens is 1790 g/mol. The van der Waals surface area contributed by atoms with Gasteiger partial charge in [0.05, 0.1) is 49.7 Å². The lowest BCUT2D eigenvalue weighted by Crippen LogP contribution is -2.60. The van der Waals surface area contributed by atoms with E-state index in [1.165, 1.54) is 159 Å². The summed E-state index contributed by atoms with van der Waals surface area (Å²) < 4.78 is 57.7. The molecule has 146 heavy (non-hydrogen) atoms. The molecule has 0 saturated heterocycles. The second-order valence-electron chi connectivity index (χ2n) is 46.8. The van der Waals surface area contributed by atoms with E-state index < -0.39 is 0 Å². The molecule has 710 valence electrons. The van der Waals surface area contributed by atoms with E-state index in [0.29, 0.717) is 0 Å². The number of fused-ring (bicyclic) bond motifs is 22. The van der Waals surface area contributed by atoms with Crippen LogP contribution in [0.3, 0.4) is 0 Å². The Morgan fingerprint density at radius 2 is 0.445 bits per heavy atom. The molecule has 18 aromatic carbocycles. The van der Waals surface area contributed by atoms with Crippen LogP contribution in [0.2, 0.25) is 0 Å². The van der Waals surface area contributed by atoms with Gasteiger partial charge >= 0.3 is 0 Å². The van der Waals surface area contributed by atoms with Crippen molar-refractivity contribution in [2.45, 2.75) is 157 Å². The first-order chi connectivity index (χ1) is 70.2. The largest absolute Gasteiger partial charge is 0.458 e. The number of ether oxygens (including phenoxy) is 8. The zero-order chi connectivity index (χ0) is 99.7. The minimum absolute atomic E-state index is 0.00182. The van der Waals surface area contributed by atoms with Crippen molar-refractivity contribution in [2.75, 3.05) is 0 Å². The summed E-state index contributed by atoms with van der Waals surface area (Å²) in [5.74, 6) is 14.3. The van der Waals surface area contributed by atoms with E-state index >= 15 is 0 Å². The lowest BCUT2D eigenvalue weighted by atomic mass is 9.33. The third-order valence-corrected chi connectivity index (χ3v) is 31.4. The Bertz CT molecular complexity index is 9420. The summed E-state index contributed by atoms with van der Waals surface area (Å²) in [6, 6.07) is 120. The van der Waals surface area contributed by atoms with Crippen LogP contribution < -0.4 is 87.1 Å². The highest BCUT2D eigenvalue weighted by atomic mass is 16.5. The molecule has 0 radical (unpaired) electrons. The SMILES string of the molecule is CC(C)(C)c1cc2c3c(c1)Oc1cccc4c1B3c1c(cccc1O2)O4.CC(C)(C)c1cc2c3ccccc3n3c4ccccc4c(c1)c23.CC(C)(C)c1ccc2c(c1)c1cccc3c4ccccc4n2c31.CC(C)(C)c1ccc2c3c1Oc1cccc4c1B3c1c(cccc1O2)O4.CC(C)(C)c1ccc2c3c1Oc1ccccc1B3c1ccccc1O2.CC(C)(C)c1ccc2c3ccccc3n3c4ccccc4c1c23. The van der Waals surface area contributed by atoms with E-state index in [2.05, 4.69) is 387 Å². The molecule has 0 atom stereocenters. The fourth-order valence-corrected chi connectivity index (χ4v) is 24.5. The maximum atomic E-state index is 6.45. The third-order valence-electron chi connectivity index (χ3n) is 31.4. The molecule has 0 N–H and O–H groups in total. The fourth-order valence-electron chi connectivity index (χ4n) is 24.5. The molecule has 6 aromatic heterocycles. The molecule has 32 rings (SSSR count). The Kier molecular flexibility index (Phi) is 19.3. The fraction of sp³-hybridized carbons (Fsp3) is 0.182. The molecule has 11 nitrogen and oxygen atoms in total. The lowest BCUT2D eigenvalue weighted by Gasteiger charge is -2.39. The van der Waals surface area contributed by atoms with Crippen molar-refractivity contribution in [3.63, 3.8) is 0 Å². The third kappa shape index (κ3) is 13.5. The van der Waals surface area contributed by atoms with Crippen LogP contribution in [0.5, 0.6) is 92.0 Å². The van der Waals surface area contributed by atoms with Gasteiger partial charge in [0.1, 0.15) is 92.0 Å². The molecule has 0 saturated carbocycles. The normalized spacial score (nSPS) is 13.8. The molecule has 0 bridgehead atoms. The van der Waals surface area contributed by atoms with Crippen molar-refractivity contribution in [2.24, 2.45) is 0 Å². The van der Waals surface area contributed by atoms with E-state index in [0.717, 1.165) is 130 Å². The van der Waals surface area contributed by atoms with E-state index in [1.807, 2.05) is 91.0 Å². The predicted octanol–water partition coefficient (Wildman–Crippen LogP) is 29.7. The Morgan fingerprint density at radius 1 is 0.171 bits per heavy atom. The van der Waals surface area contributed by atoms with Crippen LogP contribution in [0.15, 0.2) is 340 Å². The number of aromatic nitrogens is 3. The number of nitrogens with zero attached hydrogens (tertiary/aromatic N) is 3. The molecule has 0 spiro atoms. The van der Waals surface area contributed by atoms with Gasteiger partial charge in [-0.3, -0.25) is 0 Å². The first kappa shape index (κ1) is 88.9. The summed E-state index contributed by atoms with van der Waals surface area (Å²) in [6.45, 7) is 40.9. The van der Waals surface area contributed by atoms with Crippen LogP contribution in [-0.2, 0) is 32.5 Å². The Balaban J connectivity index is 0.0000000869. The number of para-hydroxylation sites is 8. The minimum atomic E-state index is -0.0234. The predicted molar refractivity (Wildman–Crippen MR) is 608 cm³/mol. The molecule has 14 heteroatoms. The molecule has 8 aliphatic rings. The quantitative estimate of drug-likeness (QED) is 0.139. The van der Waals surface area contributed by atoms with Crippen molar-refractivity contribution in [1.82, 2.24) is 13.2 Å². The van der Waals surface area contributed by atoms with Crippen LogP contribution in [0.25, 0.3) is 114 Å². The van der Waals surface area contributed by atoms with Gasteiger partial charge in [0.25, 0.3) is 20.1 Å². The van der Waals surface area contributed by atoms with Gasteiger partial charge in [-0.1, -0.05) is 325 Å². The van der Waals surface area contributed by atoms with Gasteiger partial charge in [0.2, 0.25) is 0 Å². The van der Waals surface area contributed by atoms with Gasteiger partial charge in [-0.2, -0.15) is 0 Å². The second-order valence-corrected chi connectivity index (χ2v) is 46.8. The van der Waals surface area contributed by atoms with E-state index in [1.54, 1.807) is 0 Å². The summed E-state index contributed by atoms with van der Waals surface area (Å²) in [7, 11) is 0. The average Bonchev–Trinajstić information content (AvgIpc) is 0.849. The van der Waals surface area contributed by atoms with Crippen LogP contribution >= 0.6 is 0 Å². The van der Waals surface area contributed by atoms with Gasteiger partial charge in [-0.25, -0.2) is 0 Å². The maximum Gasteiger partial charge on any atom is 0.270 e. The minimum Gasteiger partial charge on any atom is -0.458 e. The van der Waals surface area contributed by atoms with Crippen molar-refractivity contribution in [3.8, 4) is 92.0 Å². The summed E-state index contributed by atoms with van der Waals surface area (Å²) >= 11 is 0. The summed E-state index contributed by atoms with van der Waals surface area (Å²) in [5, 5.41) is 16.4. The van der Waals surface area contributed by atoms with Gasteiger partial charge in [-0.05, 0) is 216 Å². The molecule has 0 aliphatic carbocycles. The number of hydrogen-bond acceptors (Lipinski definition) is 8.